The van der Waals surface area contributed by atoms with Gasteiger partial charge in [0.2, 0.25) is 0 Å². The molecule has 0 spiro atoms. The average molecular weight is 155 g/mol. The highest BCUT2D eigenvalue weighted by Gasteiger charge is 2.18. The molecule has 3 N–H and O–H groups in total. The number of carbonyl (C=O) groups excluding carboxylic acids is 2. The molecule has 5 nitrogen and oxygen atoms in total. The molecular formula is C6H9N3O2. The number of primary amides is 1. The number of amides is 1. The highest BCUT2D eigenvalue weighted by atomic mass is 16.2. The summed E-state index contributed by atoms with van der Waals surface area (Å²) in [7, 11) is 0. The Hall–Kier alpha value is -1.32. The van der Waals surface area contributed by atoms with Crippen LogP contribution in [0.4, 0.5) is 0 Å². The van der Waals surface area contributed by atoms with Crippen LogP contribution in [0.5, 0.6) is 0 Å². The third-order valence-corrected chi connectivity index (χ3v) is 1.51. The molecule has 1 fully saturated rings. The van der Waals surface area contributed by atoms with Gasteiger partial charge in [-0.1, -0.05) is 0 Å². The van der Waals surface area contributed by atoms with Crippen LogP contribution in [-0.4, -0.2) is 36.5 Å². The Kier molecular flexibility index (Phi) is 2.25. The maximum Gasteiger partial charge on any atom is 0.276 e. The van der Waals surface area contributed by atoms with Crippen LogP contribution in [0.25, 0.3) is 0 Å². The van der Waals surface area contributed by atoms with Crippen molar-refractivity contribution < 1.29 is 9.59 Å². The summed E-state index contributed by atoms with van der Waals surface area (Å²) in [6, 6.07) is 0. The van der Waals surface area contributed by atoms with Gasteiger partial charge in [-0.2, -0.15) is 0 Å². The SMILES string of the molecule is NC(=O)C(=C=O)N1CCNC1. The Morgan fingerprint density at radius 2 is 2.36 bits per heavy atom. The van der Waals surface area contributed by atoms with Crippen LogP contribution in [0, 0.1) is 0 Å². The first-order chi connectivity index (χ1) is 5.25. The lowest BCUT2D eigenvalue weighted by atomic mass is 10.4. The lowest BCUT2D eigenvalue weighted by Crippen LogP contribution is -2.31. The molecule has 5 heteroatoms. The molecule has 0 aliphatic carbocycles. The van der Waals surface area contributed by atoms with Crippen LogP contribution in [0.2, 0.25) is 0 Å². The third kappa shape index (κ3) is 1.58. The van der Waals surface area contributed by atoms with E-state index >= 15 is 0 Å². The van der Waals surface area contributed by atoms with Gasteiger partial charge in [0.15, 0.2) is 11.6 Å². The van der Waals surface area contributed by atoms with Crippen molar-refractivity contribution in [2.45, 2.75) is 0 Å². The molecule has 1 aliphatic rings. The summed E-state index contributed by atoms with van der Waals surface area (Å²) in [6.45, 7) is 1.89. The summed E-state index contributed by atoms with van der Waals surface area (Å²) < 4.78 is 0. The van der Waals surface area contributed by atoms with Gasteiger partial charge in [-0.25, -0.2) is 4.79 Å². The smallest absolute Gasteiger partial charge is 0.276 e. The summed E-state index contributed by atoms with van der Waals surface area (Å²) in [5.41, 5.74) is 4.85. The average Bonchev–Trinajstić information content (AvgIpc) is 2.40. The van der Waals surface area contributed by atoms with Gasteiger partial charge in [0.1, 0.15) is 0 Å². The summed E-state index contributed by atoms with van der Waals surface area (Å²) in [5.74, 6) is 0.803. The number of carbonyl (C=O) groups is 1. The fourth-order valence-corrected chi connectivity index (χ4v) is 0.969. The fourth-order valence-electron chi connectivity index (χ4n) is 0.969. The molecule has 0 aromatic rings. The zero-order valence-corrected chi connectivity index (χ0v) is 5.96. The van der Waals surface area contributed by atoms with Crippen molar-refractivity contribution in [1.29, 1.82) is 0 Å². The zero-order valence-electron chi connectivity index (χ0n) is 5.96. The summed E-state index contributed by atoms with van der Waals surface area (Å²) in [6.07, 6.45) is 0. The third-order valence-electron chi connectivity index (χ3n) is 1.51. The topological polar surface area (TPSA) is 75.4 Å². The summed E-state index contributed by atoms with van der Waals surface area (Å²) >= 11 is 0. The Morgan fingerprint density at radius 3 is 2.73 bits per heavy atom. The Morgan fingerprint density at radius 1 is 1.64 bits per heavy atom. The van der Waals surface area contributed by atoms with E-state index in [-0.39, 0.29) is 5.70 Å². The lowest BCUT2D eigenvalue weighted by molar-refractivity contribution is -0.115. The van der Waals surface area contributed by atoms with Crippen molar-refractivity contribution in [3.05, 3.63) is 5.70 Å². The highest BCUT2D eigenvalue weighted by molar-refractivity contribution is 5.98. The first kappa shape index (κ1) is 7.78. The van der Waals surface area contributed by atoms with E-state index in [9.17, 15) is 9.59 Å². The molecule has 1 rings (SSSR count). The first-order valence-electron chi connectivity index (χ1n) is 3.26. The Bertz CT molecular complexity index is 214. The standard InChI is InChI=1S/C6H9N3O2/c7-6(11)5(3-10)9-2-1-8-4-9/h8H,1-2,4H2,(H2,7,11). The number of hydrogen-bond acceptors (Lipinski definition) is 4. The van der Waals surface area contributed by atoms with E-state index in [1.54, 1.807) is 4.90 Å². The highest BCUT2D eigenvalue weighted by Crippen LogP contribution is 2.00. The van der Waals surface area contributed by atoms with Gasteiger partial charge in [0, 0.05) is 13.1 Å². The molecule has 0 unspecified atom stereocenters. The molecule has 1 aliphatic heterocycles. The van der Waals surface area contributed by atoms with Gasteiger partial charge in [-0.05, 0) is 0 Å². The van der Waals surface area contributed by atoms with E-state index in [1.165, 1.54) is 5.94 Å². The van der Waals surface area contributed by atoms with Gasteiger partial charge in [0.05, 0.1) is 6.67 Å². The van der Waals surface area contributed by atoms with E-state index in [0.29, 0.717) is 13.2 Å². The Balaban J connectivity index is 2.70. The van der Waals surface area contributed by atoms with Crippen LogP contribution in [0.15, 0.2) is 5.70 Å². The Labute approximate surface area is 63.8 Å². The molecule has 1 saturated heterocycles. The van der Waals surface area contributed by atoms with Crippen molar-refractivity contribution in [2.24, 2.45) is 5.73 Å². The molecule has 1 amide bonds. The van der Waals surface area contributed by atoms with Gasteiger partial charge < -0.3 is 10.6 Å². The zero-order chi connectivity index (χ0) is 8.27. The summed E-state index contributed by atoms with van der Waals surface area (Å²) in [5, 5.41) is 2.96. The minimum absolute atomic E-state index is 0.0741. The quantitative estimate of drug-likeness (QED) is 0.359. The molecule has 1 heterocycles. The second-order valence-corrected chi connectivity index (χ2v) is 2.24. The van der Waals surface area contributed by atoms with Crippen LogP contribution in [-0.2, 0) is 9.59 Å². The normalized spacial score (nSPS) is 16.2. The fraction of sp³-hybridized carbons (Fsp3) is 0.500. The number of nitrogens with two attached hydrogens (primary N) is 1. The van der Waals surface area contributed by atoms with Crippen molar-refractivity contribution in [3.63, 3.8) is 0 Å². The second-order valence-electron chi connectivity index (χ2n) is 2.24. The minimum atomic E-state index is -0.719. The minimum Gasteiger partial charge on any atom is -0.364 e. The van der Waals surface area contributed by atoms with Gasteiger partial charge in [-0.3, -0.25) is 10.1 Å². The van der Waals surface area contributed by atoms with Crippen molar-refractivity contribution >= 4 is 11.8 Å². The number of nitrogens with one attached hydrogen (secondary N) is 1. The second kappa shape index (κ2) is 3.18. The van der Waals surface area contributed by atoms with E-state index in [2.05, 4.69) is 5.32 Å². The lowest BCUT2D eigenvalue weighted by Gasteiger charge is -2.13. The molecule has 0 saturated carbocycles. The molecule has 11 heavy (non-hydrogen) atoms. The largest absolute Gasteiger partial charge is 0.364 e. The van der Waals surface area contributed by atoms with Crippen LogP contribution < -0.4 is 11.1 Å². The molecule has 0 bridgehead atoms. The van der Waals surface area contributed by atoms with Crippen LogP contribution in [0.3, 0.4) is 0 Å². The molecule has 0 aromatic heterocycles. The predicted molar refractivity (Wildman–Crippen MR) is 38.0 cm³/mol. The van der Waals surface area contributed by atoms with Crippen LogP contribution in [0.1, 0.15) is 0 Å². The number of nitrogens with zero attached hydrogens (tertiary/aromatic N) is 1. The van der Waals surface area contributed by atoms with E-state index in [4.69, 9.17) is 5.73 Å². The summed E-state index contributed by atoms with van der Waals surface area (Å²) in [4.78, 5) is 22.3. The van der Waals surface area contributed by atoms with Gasteiger partial charge in [0.25, 0.3) is 5.91 Å². The van der Waals surface area contributed by atoms with Crippen molar-refractivity contribution in [3.8, 4) is 0 Å². The van der Waals surface area contributed by atoms with Crippen LogP contribution >= 0.6 is 0 Å². The molecule has 60 valence electrons. The molecule has 0 atom stereocenters. The van der Waals surface area contributed by atoms with Gasteiger partial charge in [-0.15, -0.1) is 0 Å². The van der Waals surface area contributed by atoms with E-state index < -0.39 is 5.91 Å². The number of rotatable bonds is 2. The monoisotopic (exact) mass is 155 g/mol. The molecule has 0 aromatic carbocycles. The molecular weight excluding hydrogens is 146 g/mol. The van der Waals surface area contributed by atoms with Gasteiger partial charge >= 0.3 is 0 Å². The maximum absolute atomic E-state index is 10.6. The van der Waals surface area contributed by atoms with Crippen molar-refractivity contribution in [2.75, 3.05) is 19.8 Å². The van der Waals surface area contributed by atoms with E-state index in [0.717, 1.165) is 6.54 Å². The number of hydrogen-bond donors (Lipinski definition) is 2. The first-order valence-corrected chi connectivity index (χ1v) is 3.26. The van der Waals surface area contributed by atoms with Crippen molar-refractivity contribution in [1.82, 2.24) is 10.2 Å². The maximum atomic E-state index is 10.6. The molecule has 0 radical (unpaired) electrons. The van der Waals surface area contributed by atoms with E-state index in [1.807, 2.05) is 0 Å². The predicted octanol–water partition coefficient (Wildman–Crippen LogP) is -1.95.